The standard InChI is InChI=1S/C37H37Cl4N3O4S/c1-25-15-19-30(20-16-25)49(47,48)44(33-14-8-13-31(39)36(33)41)24-35(45)43(23-27-17-18-28(38)22-32(27)40)34(21-26-9-4-2-5-10-26)37(46)42-29-11-6-3-7-12-29/h2,4-5,8-10,13-20,22,29,34H,3,6-7,11-12,21,23-24H2,1H3,(H,42,46). The molecule has 258 valence electrons. The summed E-state index contributed by atoms with van der Waals surface area (Å²) in [5.41, 5.74) is 2.25. The molecular weight excluding hydrogens is 724 g/mol. The lowest BCUT2D eigenvalue weighted by Gasteiger charge is -2.35. The Labute approximate surface area is 308 Å². The van der Waals surface area contributed by atoms with Crippen LogP contribution in [0.4, 0.5) is 5.69 Å². The zero-order chi connectivity index (χ0) is 35.1. The fourth-order valence-electron chi connectivity index (χ4n) is 5.97. The van der Waals surface area contributed by atoms with Crippen molar-refractivity contribution in [3.63, 3.8) is 0 Å². The molecule has 1 saturated carbocycles. The molecule has 0 heterocycles. The first kappa shape index (κ1) is 37.0. The van der Waals surface area contributed by atoms with Crippen LogP contribution in [0.2, 0.25) is 20.1 Å². The summed E-state index contributed by atoms with van der Waals surface area (Å²) < 4.78 is 29.6. The fraction of sp³-hybridized carbons (Fsp3) is 0.297. The molecule has 1 aliphatic rings. The molecule has 1 N–H and O–H groups in total. The molecule has 0 aromatic heterocycles. The predicted molar refractivity (Wildman–Crippen MR) is 198 cm³/mol. The molecule has 4 aromatic rings. The van der Waals surface area contributed by atoms with Crippen LogP contribution in [0.15, 0.2) is 95.9 Å². The van der Waals surface area contributed by atoms with Gasteiger partial charge in [0.05, 0.1) is 20.6 Å². The number of benzene rings is 4. The highest BCUT2D eigenvalue weighted by Gasteiger charge is 2.36. The first-order valence-corrected chi connectivity index (χ1v) is 19.0. The molecule has 5 rings (SSSR count). The van der Waals surface area contributed by atoms with E-state index < -0.39 is 28.5 Å². The van der Waals surface area contributed by atoms with Crippen molar-refractivity contribution in [1.29, 1.82) is 0 Å². The Balaban J connectivity index is 1.60. The SMILES string of the molecule is Cc1ccc(S(=O)(=O)N(CC(=O)N(Cc2ccc(Cl)cc2Cl)C(Cc2ccccc2)C(=O)NC2CCCCC2)c2cccc(Cl)c2Cl)cc1. The molecule has 1 unspecified atom stereocenters. The van der Waals surface area contributed by atoms with Crippen LogP contribution >= 0.6 is 46.4 Å². The summed E-state index contributed by atoms with van der Waals surface area (Å²) in [6.07, 6.45) is 4.98. The van der Waals surface area contributed by atoms with Gasteiger partial charge in [-0.15, -0.1) is 0 Å². The quantitative estimate of drug-likeness (QED) is 0.156. The highest BCUT2D eigenvalue weighted by molar-refractivity contribution is 7.92. The average molecular weight is 762 g/mol. The molecular formula is C37H37Cl4N3O4S. The Morgan fingerprint density at radius 1 is 0.837 bits per heavy atom. The normalized spacial score (nSPS) is 14.2. The van der Waals surface area contributed by atoms with E-state index in [1.807, 2.05) is 37.3 Å². The monoisotopic (exact) mass is 759 g/mol. The average Bonchev–Trinajstić information content (AvgIpc) is 3.08. The molecule has 1 fully saturated rings. The zero-order valence-corrected chi connectivity index (χ0v) is 30.8. The summed E-state index contributed by atoms with van der Waals surface area (Å²) in [5.74, 6) is -0.972. The molecule has 1 atom stereocenters. The Morgan fingerprint density at radius 2 is 1.53 bits per heavy atom. The number of halogens is 4. The number of hydrogen-bond donors (Lipinski definition) is 1. The third kappa shape index (κ3) is 9.30. The number of sulfonamides is 1. The van der Waals surface area contributed by atoms with Crippen molar-refractivity contribution in [3.05, 3.63) is 128 Å². The Bertz CT molecular complexity index is 1890. The number of nitrogens with zero attached hydrogens (tertiary/aromatic N) is 2. The van der Waals surface area contributed by atoms with Gasteiger partial charge in [-0.05, 0) is 67.3 Å². The largest absolute Gasteiger partial charge is 0.352 e. The highest BCUT2D eigenvalue weighted by Crippen LogP contribution is 2.36. The summed E-state index contributed by atoms with van der Waals surface area (Å²) >= 11 is 25.8. The van der Waals surface area contributed by atoms with Crippen molar-refractivity contribution in [2.24, 2.45) is 0 Å². The van der Waals surface area contributed by atoms with E-state index in [1.165, 1.54) is 29.2 Å². The number of aryl methyl sites for hydroxylation is 1. The Hall–Kier alpha value is -3.27. The first-order valence-electron chi connectivity index (χ1n) is 16.0. The third-order valence-corrected chi connectivity index (χ3v) is 11.8. The van der Waals surface area contributed by atoms with Crippen LogP contribution in [0.3, 0.4) is 0 Å². The van der Waals surface area contributed by atoms with Gasteiger partial charge < -0.3 is 10.2 Å². The number of rotatable bonds is 12. The molecule has 12 heteroatoms. The summed E-state index contributed by atoms with van der Waals surface area (Å²) in [6, 6.07) is 24.1. The maximum atomic E-state index is 14.8. The van der Waals surface area contributed by atoms with Gasteiger partial charge in [0, 0.05) is 29.1 Å². The van der Waals surface area contributed by atoms with Crippen LogP contribution in [-0.2, 0) is 32.6 Å². The second kappa shape index (κ2) is 16.6. The van der Waals surface area contributed by atoms with E-state index in [1.54, 1.807) is 36.4 Å². The maximum Gasteiger partial charge on any atom is 0.264 e. The van der Waals surface area contributed by atoms with Crippen molar-refractivity contribution in [2.45, 2.75) is 69.0 Å². The number of nitrogens with one attached hydrogen (secondary N) is 1. The zero-order valence-electron chi connectivity index (χ0n) is 26.9. The van der Waals surface area contributed by atoms with Crippen molar-refractivity contribution >= 4 is 73.9 Å². The molecule has 1 aliphatic carbocycles. The van der Waals surface area contributed by atoms with Crippen molar-refractivity contribution in [2.75, 3.05) is 10.8 Å². The molecule has 7 nitrogen and oxygen atoms in total. The lowest BCUT2D eigenvalue weighted by Crippen LogP contribution is -2.55. The van der Waals surface area contributed by atoms with Crippen LogP contribution in [0, 0.1) is 6.92 Å². The second-order valence-electron chi connectivity index (χ2n) is 12.2. The Kier molecular flexibility index (Phi) is 12.6. The highest BCUT2D eigenvalue weighted by atomic mass is 35.5. The van der Waals surface area contributed by atoms with Gasteiger partial charge in [0.25, 0.3) is 10.0 Å². The van der Waals surface area contributed by atoms with E-state index >= 15 is 0 Å². The van der Waals surface area contributed by atoms with Crippen LogP contribution in [0.25, 0.3) is 0 Å². The van der Waals surface area contributed by atoms with Crippen LogP contribution in [-0.4, -0.2) is 43.8 Å². The van der Waals surface area contributed by atoms with Crippen LogP contribution in [0.1, 0.15) is 48.8 Å². The molecule has 4 aromatic carbocycles. The van der Waals surface area contributed by atoms with Gasteiger partial charge in [-0.2, -0.15) is 0 Å². The lowest BCUT2D eigenvalue weighted by molar-refractivity contribution is -0.140. The van der Waals surface area contributed by atoms with E-state index in [4.69, 9.17) is 46.4 Å². The second-order valence-corrected chi connectivity index (χ2v) is 15.7. The minimum atomic E-state index is -4.35. The van der Waals surface area contributed by atoms with E-state index in [0.29, 0.717) is 15.6 Å². The summed E-state index contributed by atoms with van der Waals surface area (Å²) in [4.78, 5) is 30.4. The number of carbonyl (C=O) groups excluding carboxylic acids is 2. The third-order valence-electron chi connectivity index (χ3n) is 8.67. The number of carbonyl (C=O) groups is 2. The number of hydrogen-bond acceptors (Lipinski definition) is 4. The van der Waals surface area contributed by atoms with Crippen molar-refractivity contribution in [1.82, 2.24) is 10.2 Å². The van der Waals surface area contributed by atoms with Crippen LogP contribution in [0.5, 0.6) is 0 Å². The molecule has 0 bridgehead atoms. The van der Waals surface area contributed by atoms with Gasteiger partial charge in [-0.25, -0.2) is 8.42 Å². The molecule has 0 aliphatic heterocycles. The fourth-order valence-corrected chi connectivity index (χ4v) is 8.31. The van der Waals surface area contributed by atoms with E-state index in [2.05, 4.69) is 5.32 Å². The molecule has 0 saturated heterocycles. The predicted octanol–water partition coefficient (Wildman–Crippen LogP) is 8.89. The minimum absolute atomic E-state index is 0.0267. The van der Waals surface area contributed by atoms with Gasteiger partial charge in [0.1, 0.15) is 12.6 Å². The topological polar surface area (TPSA) is 86.8 Å². The summed E-state index contributed by atoms with van der Waals surface area (Å²) in [6.45, 7) is 1.08. The van der Waals surface area contributed by atoms with Gasteiger partial charge in [-0.1, -0.05) is 126 Å². The van der Waals surface area contributed by atoms with E-state index in [0.717, 1.165) is 47.5 Å². The van der Waals surface area contributed by atoms with Crippen molar-refractivity contribution in [3.8, 4) is 0 Å². The molecule has 0 spiro atoms. The summed E-state index contributed by atoms with van der Waals surface area (Å²) in [7, 11) is -4.35. The number of anilines is 1. The van der Waals surface area contributed by atoms with E-state index in [-0.39, 0.29) is 45.5 Å². The first-order chi connectivity index (χ1) is 23.4. The summed E-state index contributed by atoms with van der Waals surface area (Å²) in [5, 5.41) is 3.99. The molecule has 2 amide bonds. The smallest absolute Gasteiger partial charge is 0.264 e. The van der Waals surface area contributed by atoms with Gasteiger partial charge in [0.15, 0.2) is 0 Å². The lowest BCUT2D eigenvalue weighted by atomic mass is 9.94. The van der Waals surface area contributed by atoms with Crippen molar-refractivity contribution < 1.29 is 18.0 Å². The molecule has 49 heavy (non-hydrogen) atoms. The minimum Gasteiger partial charge on any atom is -0.352 e. The van der Waals surface area contributed by atoms with Crippen LogP contribution < -0.4 is 9.62 Å². The molecule has 0 radical (unpaired) electrons. The van der Waals surface area contributed by atoms with Gasteiger partial charge >= 0.3 is 0 Å². The van der Waals surface area contributed by atoms with Gasteiger partial charge in [0.2, 0.25) is 11.8 Å². The van der Waals surface area contributed by atoms with E-state index in [9.17, 15) is 18.0 Å². The number of amides is 2. The maximum absolute atomic E-state index is 14.8. The van der Waals surface area contributed by atoms with Gasteiger partial charge in [-0.3, -0.25) is 13.9 Å². The Morgan fingerprint density at radius 3 is 2.20 bits per heavy atom.